The molecule has 3 heteroatoms. The lowest BCUT2D eigenvalue weighted by Gasteiger charge is -2.27. The van der Waals surface area contributed by atoms with Crippen LogP contribution in [0.3, 0.4) is 0 Å². The number of furan rings is 1. The van der Waals surface area contributed by atoms with Crippen LogP contribution in [0.2, 0.25) is 0 Å². The van der Waals surface area contributed by atoms with Gasteiger partial charge in [0.2, 0.25) is 0 Å². The van der Waals surface area contributed by atoms with Crippen molar-refractivity contribution in [3.8, 4) is 0 Å². The SMILES string of the molecule is CCC(C)(CC)NCc1ccc(COC)o1. The summed E-state index contributed by atoms with van der Waals surface area (Å²) in [4.78, 5) is 0. The maximum absolute atomic E-state index is 5.62. The molecule has 0 aromatic carbocycles. The molecule has 3 nitrogen and oxygen atoms in total. The molecule has 1 N–H and O–H groups in total. The lowest BCUT2D eigenvalue weighted by atomic mass is 9.95. The molecule has 0 saturated carbocycles. The normalized spacial score (nSPS) is 12.0. The van der Waals surface area contributed by atoms with Crippen molar-refractivity contribution < 1.29 is 9.15 Å². The van der Waals surface area contributed by atoms with Crippen molar-refractivity contribution in [1.82, 2.24) is 5.32 Å². The van der Waals surface area contributed by atoms with Crippen molar-refractivity contribution in [2.45, 2.75) is 52.3 Å². The molecule has 0 aliphatic heterocycles. The molecule has 0 amide bonds. The molecule has 0 atom stereocenters. The minimum atomic E-state index is 0.203. The van der Waals surface area contributed by atoms with Gasteiger partial charge in [0.05, 0.1) is 6.54 Å². The highest BCUT2D eigenvalue weighted by atomic mass is 16.5. The van der Waals surface area contributed by atoms with E-state index in [4.69, 9.17) is 9.15 Å². The van der Waals surface area contributed by atoms with E-state index in [0.29, 0.717) is 6.61 Å². The molecule has 1 aromatic rings. The van der Waals surface area contributed by atoms with Gasteiger partial charge in [-0.1, -0.05) is 13.8 Å². The van der Waals surface area contributed by atoms with Gasteiger partial charge >= 0.3 is 0 Å². The molecule has 1 aromatic heterocycles. The van der Waals surface area contributed by atoms with Crippen molar-refractivity contribution >= 4 is 0 Å². The Morgan fingerprint density at radius 3 is 2.44 bits per heavy atom. The topological polar surface area (TPSA) is 34.4 Å². The predicted octanol–water partition coefficient (Wildman–Crippen LogP) is 3.09. The Hall–Kier alpha value is -0.800. The quantitative estimate of drug-likeness (QED) is 0.774. The molecular weight excluding hydrogens is 202 g/mol. The molecule has 1 rings (SSSR count). The van der Waals surface area contributed by atoms with Crippen LogP contribution in [0.5, 0.6) is 0 Å². The van der Waals surface area contributed by atoms with Crippen LogP contribution in [0, 0.1) is 0 Å². The molecule has 0 unspecified atom stereocenters. The van der Waals surface area contributed by atoms with Crippen molar-refractivity contribution in [3.05, 3.63) is 23.7 Å². The van der Waals surface area contributed by atoms with E-state index < -0.39 is 0 Å². The fraction of sp³-hybridized carbons (Fsp3) is 0.692. The number of hydrogen-bond acceptors (Lipinski definition) is 3. The van der Waals surface area contributed by atoms with Crippen LogP contribution in [0.4, 0.5) is 0 Å². The summed E-state index contributed by atoms with van der Waals surface area (Å²) in [5.41, 5.74) is 0.203. The minimum Gasteiger partial charge on any atom is -0.462 e. The Morgan fingerprint density at radius 1 is 1.25 bits per heavy atom. The van der Waals surface area contributed by atoms with Crippen LogP contribution in [-0.2, 0) is 17.9 Å². The van der Waals surface area contributed by atoms with E-state index in [1.54, 1.807) is 7.11 Å². The summed E-state index contributed by atoms with van der Waals surface area (Å²) >= 11 is 0. The summed E-state index contributed by atoms with van der Waals surface area (Å²) in [6.45, 7) is 7.97. The minimum absolute atomic E-state index is 0.203. The summed E-state index contributed by atoms with van der Waals surface area (Å²) in [5.74, 6) is 1.86. The first kappa shape index (κ1) is 13.3. The van der Waals surface area contributed by atoms with E-state index in [1.165, 1.54) is 0 Å². The molecule has 16 heavy (non-hydrogen) atoms. The van der Waals surface area contributed by atoms with Gasteiger partial charge in [-0.2, -0.15) is 0 Å². The van der Waals surface area contributed by atoms with E-state index in [2.05, 4.69) is 26.1 Å². The Labute approximate surface area is 98.2 Å². The Balaban J connectivity index is 2.47. The fourth-order valence-electron chi connectivity index (χ4n) is 1.54. The Bertz CT molecular complexity index is 303. The van der Waals surface area contributed by atoms with E-state index in [1.807, 2.05) is 12.1 Å². The molecule has 0 bridgehead atoms. The zero-order chi connectivity index (χ0) is 12.0. The third-order valence-corrected chi connectivity index (χ3v) is 3.25. The average molecular weight is 225 g/mol. The number of nitrogens with one attached hydrogen (secondary N) is 1. The number of hydrogen-bond donors (Lipinski definition) is 1. The van der Waals surface area contributed by atoms with E-state index >= 15 is 0 Å². The third-order valence-electron chi connectivity index (χ3n) is 3.25. The second-order valence-corrected chi connectivity index (χ2v) is 4.42. The van der Waals surface area contributed by atoms with Gasteiger partial charge in [-0.25, -0.2) is 0 Å². The summed E-state index contributed by atoms with van der Waals surface area (Å²) in [6.07, 6.45) is 2.24. The summed E-state index contributed by atoms with van der Waals surface area (Å²) < 4.78 is 10.6. The van der Waals surface area contributed by atoms with Crippen LogP contribution in [0.25, 0.3) is 0 Å². The first-order valence-corrected chi connectivity index (χ1v) is 5.95. The van der Waals surface area contributed by atoms with E-state index in [9.17, 15) is 0 Å². The molecular formula is C13H23NO2. The van der Waals surface area contributed by atoms with Gasteiger partial charge in [0, 0.05) is 12.6 Å². The van der Waals surface area contributed by atoms with Crippen molar-refractivity contribution in [1.29, 1.82) is 0 Å². The highest BCUT2D eigenvalue weighted by Gasteiger charge is 2.18. The van der Waals surface area contributed by atoms with Crippen molar-refractivity contribution in [2.24, 2.45) is 0 Å². The standard InChI is InChI=1S/C13H23NO2/c1-5-13(3,6-2)14-9-11-7-8-12(16-11)10-15-4/h7-8,14H,5-6,9-10H2,1-4H3. The highest BCUT2D eigenvalue weighted by Crippen LogP contribution is 2.16. The van der Waals surface area contributed by atoms with Gasteiger partial charge < -0.3 is 14.5 Å². The monoisotopic (exact) mass is 225 g/mol. The predicted molar refractivity (Wildman–Crippen MR) is 65.2 cm³/mol. The van der Waals surface area contributed by atoms with Crippen LogP contribution in [-0.4, -0.2) is 12.6 Å². The number of methoxy groups -OCH3 is 1. The lowest BCUT2D eigenvalue weighted by Crippen LogP contribution is -2.40. The second-order valence-electron chi connectivity index (χ2n) is 4.42. The highest BCUT2D eigenvalue weighted by molar-refractivity contribution is 5.06. The van der Waals surface area contributed by atoms with Gasteiger partial charge in [-0.3, -0.25) is 0 Å². The largest absolute Gasteiger partial charge is 0.462 e. The van der Waals surface area contributed by atoms with Gasteiger partial charge in [-0.15, -0.1) is 0 Å². The second kappa shape index (κ2) is 6.06. The van der Waals surface area contributed by atoms with Crippen molar-refractivity contribution in [3.63, 3.8) is 0 Å². The van der Waals surface area contributed by atoms with Crippen molar-refractivity contribution in [2.75, 3.05) is 7.11 Å². The number of rotatable bonds is 7. The van der Waals surface area contributed by atoms with Gasteiger partial charge in [0.15, 0.2) is 0 Å². The maximum Gasteiger partial charge on any atom is 0.129 e. The zero-order valence-electron chi connectivity index (χ0n) is 10.8. The first-order chi connectivity index (χ1) is 7.63. The van der Waals surface area contributed by atoms with E-state index in [0.717, 1.165) is 30.9 Å². The van der Waals surface area contributed by atoms with Gasteiger partial charge in [0.1, 0.15) is 18.1 Å². The van der Waals surface area contributed by atoms with Crippen LogP contribution in [0.15, 0.2) is 16.5 Å². The molecule has 0 fully saturated rings. The average Bonchev–Trinajstić information content (AvgIpc) is 2.74. The molecule has 0 radical (unpaired) electrons. The molecule has 0 spiro atoms. The molecule has 0 aliphatic rings. The Morgan fingerprint density at radius 2 is 1.88 bits per heavy atom. The first-order valence-electron chi connectivity index (χ1n) is 5.95. The van der Waals surface area contributed by atoms with Gasteiger partial charge in [0.25, 0.3) is 0 Å². The summed E-state index contributed by atoms with van der Waals surface area (Å²) in [5, 5.41) is 3.53. The molecule has 1 heterocycles. The molecule has 92 valence electrons. The fourth-order valence-corrected chi connectivity index (χ4v) is 1.54. The van der Waals surface area contributed by atoms with Crippen LogP contribution >= 0.6 is 0 Å². The maximum atomic E-state index is 5.62. The van der Waals surface area contributed by atoms with Crippen LogP contribution in [0.1, 0.15) is 45.1 Å². The molecule has 0 aliphatic carbocycles. The van der Waals surface area contributed by atoms with E-state index in [-0.39, 0.29) is 5.54 Å². The number of ether oxygens (including phenoxy) is 1. The molecule has 0 saturated heterocycles. The summed E-state index contributed by atoms with van der Waals surface area (Å²) in [7, 11) is 1.67. The lowest BCUT2D eigenvalue weighted by molar-refractivity contribution is 0.162. The third kappa shape index (κ3) is 3.65. The summed E-state index contributed by atoms with van der Waals surface area (Å²) in [6, 6.07) is 3.98. The van der Waals surface area contributed by atoms with Gasteiger partial charge in [-0.05, 0) is 31.9 Å². The zero-order valence-corrected chi connectivity index (χ0v) is 10.8. The Kier molecular flexibility index (Phi) is 5.03. The van der Waals surface area contributed by atoms with Crippen LogP contribution < -0.4 is 5.32 Å². The smallest absolute Gasteiger partial charge is 0.129 e.